The minimum absolute atomic E-state index is 0.128. The molecular weight excluding hydrogens is 462 g/mol. The lowest BCUT2D eigenvalue weighted by atomic mass is 10.1. The van der Waals surface area contributed by atoms with E-state index in [1.807, 2.05) is 56.3 Å². The van der Waals surface area contributed by atoms with Crippen LogP contribution in [0.15, 0.2) is 51.8 Å². The maximum atomic E-state index is 12.7. The lowest BCUT2D eigenvalue weighted by Crippen LogP contribution is -2.36. The highest BCUT2D eigenvalue weighted by Crippen LogP contribution is 2.36. The molecule has 7 heteroatoms. The van der Waals surface area contributed by atoms with Gasteiger partial charge in [-0.3, -0.25) is 14.5 Å². The molecule has 1 saturated heterocycles. The Morgan fingerprint density at radius 3 is 2.71 bits per heavy atom. The molecule has 2 aromatic carbocycles. The van der Waals surface area contributed by atoms with Crippen LogP contribution in [0.1, 0.15) is 31.4 Å². The maximum absolute atomic E-state index is 12.7. The molecule has 2 aromatic rings. The van der Waals surface area contributed by atoms with Crippen LogP contribution in [0.25, 0.3) is 6.08 Å². The summed E-state index contributed by atoms with van der Waals surface area (Å²) in [6, 6.07) is 12.9. The Labute approximate surface area is 182 Å². The third-order valence-corrected chi connectivity index (χ3v) is 6.20. The molecule has 0 aromatic heterocycles. The second-order valence-corrected chi connectivity index (χ2v) is 8.69. The number of imide groups is 1. The largest absolute Gasteiger partial charge is 0.488 e. The number of thioether (sulfide) groups is 1. The van der Waals surface area contributed by atoms with Gasteiger partial charge >= 0.3 is 0 Å². The van der Waals surface area contributed by atoms with Crippen molar-refractivity contribution in [2.75, 3.05) is 0 Å². The van der Waals surface area contributed by atoms with Gasteiger partial charge in [-0.05, 0) is 55.4 Å². The van der Waals surface area contributed by atoms with Crippen LogP contribution in [0.3, 0.4) is 0 Å². The number of amides is 2. The first-order chi connectivity index (χ1) is 13.4. The number of hydrogen-bond acceptors (Lipinski definition) is 4. The molecular formula is C21H19BrClNO3S. The van der Waals surface area contributed by atoms with Crippen LogP contribution in [-0.4, -0.2) is 22.1 Å². The first kappa shape index (κ1) is 21.0. The average molecular weight is 481 g/mol. The summed E-state index contributed by atoms with van der Waals surface area (Å²) >= 11 is 10.6. The Morgan fingerprint density at radius 2 is 2.00 bits per heavy atom. The molecule has 1 aliphatic heterocycles. The molecule has 3 rings (SSSR count). The summed E-state index contributed by atoms with van der Waals surface area (Å²) in [5.41, 5.74) is 1.59. The van der Waals surface area contributed by atoms with Crippen LogP contribution in [0.5, 0.6) is 5.75 Å². The summed E-state index contributed by atoms with van der Waals surface area (Å²) < 4.78 is 6.81. The van der Waals surface area contributed by atoms with Gasteiger partial charge in [0.1, 0.15) is 12.4 Å². The van der Waals surface area contributed by atoms with E-state index in [-0.39, 0.29) is 17.2 Å². The molecule has 1 atom stereocenters. The topological polar surface area (TPSA) is 46.6 Å². The predicted octanol–water partition coefficient (Wildman–Crippen LogP) is 6.52. The third-order valence-electron chi connectivity index (χ3n) is 4.45. The summed E-state index contributed by atoms with van der Waals surface area (Å²) in [6.45, 7) is 4.12. The zero-order valence-corrected chi connectivity index (χ0v) is 18.6. The van der Waals surface area contributed by atoms with Gasteiger partial charge in [0.15, 0.2) is 0 Å². The molecule has 146 valence electrons. The quantitative estimate of drug-likeness (QED) is 0.442. The van der Waals surface area contributed by atoms with Crippen molar-refractivity contribution in [3.8, 4) is 5.75 Å². The normalized spacial score (nSPS) is 16.7. The molecule has 28 heavy (non-hydrogen) atoms. The smallest absolute Gasteiger partial charge is 0.293 e. The fourth-order valence-corrected chi connectivity index (χ4v) is 4.21. The van der Waals surface area contributed by atoms with Crippen molar-refractivity contribution in [1.29, 1.82) is 0 Å². The van der Waals surface area contributed by atoms with Crippen LogP contribution in [0.2, 0.25) is 5.02 Å². The maximum Gasteiger partial charge on any atom is 0.293 e. The molecule has 0 N–H and O–H groups in total. The molecule has 2 amide bonds. The molecule has 0 aliphatic carbocycles. The van der Waals surface area contributed by atoms with Gasteiger partial charge in [0, 0.05) is 26.7 Å². The van der Waals surface area contributed by atoms with E-state index in [9.17, 15) is 9.59 Å². The number of rotatable bonds is 6. The molecule has 1 fully saturated rings. The van der Waals surface area contributed by atoms with Crippen molar-refractivity contribution < 1.29 is 14.3 Å². The molecule has 4 nitrogen and oxygen atoms in total. The van der Waals surface area contributed by atoms with Crippen LogP contribution >= 0.6 is 39.3 Å². The van der Waals surface area contributed by atoms with Gasteiger partial charge < -0.3 is 4.74 Å². The molecule has 0 unspecified atom stereocenters. The summed E-state index contributed by atoms with van der Waals surface area (Å²) in [5.74, 6) is 0.347. The van der Waals surface area contributed by atoms with E-state index in [0.717, 1.165) is 27.4 Å². The van der Waals surface area contributed by atoms with Crippen LogP contribution in [0.4, 0.5) is 4.79 Å². The van der Waals surface area contributed by atoms with Crippen LogP contribution < -0.4 is 4.74 Å². The van der Waals surface area contributed by atoms with E-state index < -0.39 is 0 Å². The molecule has 0 spiro atoms. The monoisotopic (exact) mass is 479 g/mol. The summed E-state index contributed by atoms with van der Waals surface area (Å²) in [4.78, 5) is 26.7. The standard InChI is InChI=1S/C21H19BrClNO3S/c1-3-13(2)24-20(25)19(28-21(24)26)11-15-10-16(22)8-9-18(15)27-12-14-6-4-5-7-17(14)23/h4-11,13H,3,12H2,1-2H3/b19-11+/t13-/m1/s1. The summed E-state index contributed by atoms with van der Waals surface area (Å²) in [7, 11) is 0. The van der Waals surface area contributed by atoms with Gasteiger partial charge in [-0.2, -0.15) is 0 Å². The van der Waals surface area contributed by atoms with E-state index in [4.69, 9.17) is 16.3 Å². The lowest BCUT2D eigenvalue weighted by Gasteiger charge is -2.19. The Balaban J connectivity index is 1.87. The average Bonchev–Trinajstić information content (AvgIpc) is 2.95. The zero-order chi connectivity index (χ0) is 20.3. The molecule has 1 heterocycles. The van der Waals surface area contributed by atoms with E-state index >= 15 is 0 Å². The minimum atomic E-state index is -0.263. The van der Waals surface area contributed by atoms with Gasteiger partial charge in [0.2, 0.25) is 0 Å². The van der Waals surface area contributed by atoms with E-state index in [1.54, 1.807) is 6.08 Å². The summed E-state index contributed by atoms with van der Waals surface area (Å²) in [5, 5.41) is 0.398. The Hall–Kier alpha value is -1.76. The van der Waals surface area contributed by atoms with E-state index in [2.05, 4.69) is 15.9 Å². The van der Waals surface area contributed by atoms with Crippen LogP contribution in [0, 0.1) is 0 Å². The number of carbonyl (C=O) groups is 2. The van der Waals surface area contributed by atoms with E-state index in [1.165, 1.54) is 4.90 Å². The molecule has 0 radical (unpaired) electrons. The highest BCUT2D eigenvalue weighted by molar-refractivity contribution is 9.10. The van der Waals surface area contributed by atoms with Crippen molar-refractivity contribution in [2.45, 2.75) is 32.9 Å². The minimum Gasteiger partial charge on any atom is -0.488 e. The Morgan fingerprint density at radius 1 is 1.25 bits per heavy atom. The molecule has 1 aliphatic rings. The SMILES string of the molecule is CC[C@@H](C)N1C(=O)S/C(=C/c2cc(Br)ccc2OCc2ccccc2Cl)C1=O. The Bertz CT molecular complexity index is 947. The second-order valence-electron chi connectivity index (χ2n) is 6.37. The summed E-state index contributed by atoms with van der Waals surface area (Å²) in [6.07, 6.45) is 2.42. The van der Waals surface area contributed by atoms with Gasteiger partial charge in [-0.15, -0.1) is 0 Å². The number of hydrogen-bond donors (Lipinski definition) is 0. The number of benzene rings is 2. The first-order valence-corrected chi connectivity index (χ1v) is 10.8. The van der Waals surface area contributed by atoms with Crippen molar-refractivity contribution in [3.05, 3.63) is 68.0 Å². The van der Waals surface area contributed by atoms with Gasteiger partial charge in [-0.25, -0.2) is 0 Å². The van der Waals surface area contributed by atoms with Crippen molar-refractivity contribution >= 4 is 56.5 Å². The van der Waals surface area contributed by atoms with Gasteiger partial charge in [-0.1, -0.05) is 52.7 Å². The predicted molar refractivity (Wildman–Crippen MR) is 117 cm³/mol. The number of halogens is 2. The lowest BCUT2D eigenvalue weighted by molar-refractivity contribution is -0.124. The molecule has 0 saturated carbocycles. The second kappa shape index (κ2) is 9.16. The van der Waals surface area contributed by atoms with Crippen molar-refractivity contribution in [1.82, 2.24) is 4.90 Å². The highest BCUT2D eigenvalue weighted by atomic mass is 79.9. The Kier molecular flexibility index (Phi) is 6.86. The molecule has 0 bridgehead atoms. The van der Waals surface area contributed by atoms with Crippen molar-refractivity contribution in [2.24, 2.45) is 0 Å². The number of nitrogens with zero attached hydrogens (tertiary/aromatic N) is 1. The highest BCUT2D eigenvalue weighted by Gasteiger charge is 2.37. The van der Waals surface area contributed by atoms with Gasteiger partial charge in [0.05, 0.1) is 4.91 Å². The fraction of sp³-hybridized carbons (Fsp3) is 0.238. The fourth-order valence-electron chi connectivity index (χ4n) is 2.72. The van der Waals surface area contributed by atoms with E-state index in [0.29, 0.717) is 28.7 Å². The third kappa shape index (κ3) is 4.62. The van der Waals surface area contributed by atoms with Crippen LogP contribution in [-0.2, 0) is 11.4 Å². The van der Waals surface area contributed by atoms with Gasteiger partial charge in [0.25, 0.3) is 11.1 Å². The van der Waals surface area contributed by atoms with Crippen molar-refractivity contribution in [3.63, 3.8) is 0 Å². The number of carbonyl (C=O) groups excluding carboxylic acids is 2. The zero-order valence-electron chi connectivity index (χ0n) is 15.4. The number of ether oxygens (including phenoxy) is 1. The first-order valence-electron chi connectivity index (χ1n) is 8.83.